The summed E-state index contributed by atoms with van der Waals surface area (Å²) in [7, 11) is 2.73. The van der Waals surface area contributed by atoms with Gasteiger partial charge in [0.1, 0.15) is 0 Å². The molecule has 1 rings (SSSR count). The number of methoxy groups -OCH3 is 2. The van der Waals surface area contributed by atoms with E-state index in [-0.39, 0.29) is 23.8 Å². The molecule has 0 aliphatic heterocycles. The Balaban J connectivity index is 2.75. The highest BCUT2D eigenvalue weighted by Crippen LogP contribution is 2.30. The predicted molar refractivity (Wildman–Crippen MR) is 54.1 cm³/mol. The summed E-state index contributed by atoms with van der Waals surface area (Å²) in [5.41, 5.74) is 0. The van der Waals surface area contributed by atoms with Gasteiger partial charge in [-0.25, -0.2) is 0 Å². The first-order valence-electron chi connectivity index (χ1n) is 5.36. The van der Waals surface area contributed by atoms with Crippen LogP contribution in [0.15, 0.2) is 0 Å². The lowest BCUT2D eigenvalue weighted by Gasteiger charge is -2.20. The molecule has 4 nitrogen and oxygen atoms in total. The van der Waals surface area contributed by atoms with Crippen LogP contribution in [0.5, 0.6) is 0 Å². The van der Waals surface area contributed by atoms with Crippen molar-refractivity contribution in [3.05, 3.63) is 0 Å². The van der Waals surface area contributed by atoms with Gasteiger partial charge in [0.2, 0.25) is 0 Å². The normalized spacial score (nSPS) is 26.5. The minimum absolute atomic E-state index is 0.285. The molecule has 1 saturated carbocycles. The molecule has 86 valence electrons. The average Bonchev–Trinajstić information content (AvgIpc) is 2.52. The van der Waals surface area contributed by atoms with Crippen molar-refractivity contribution in [2.45, 2.75) is 32.1 Å². The number of carbonyl (C=O) groups excluding carboxylic acids is 2. The summed E-state index contributed by atoms with van der Waals surface area (Å²) in [5, 5.41) is 0. The quantitative estimate of drug-likeness (QED) is 0.516. The van der Waals surface area contributed by atoms with Gasteiger partial charge >= 0.3 is 11.9 Å². The second kappa shape index (κ2) is 5.73. The number of esters is 2. The lowest BCUT2D eigenvalue weighted by atomic mass is 9.88. The van der Waals surface area contributed by atoms with Crippen LogP contribution in [-0.2, 0) is 19.1 Å². The van der Waals surface area contributed by atoms with Crippen molar-refractivity contribution in [3.8, 4) is 0 Å². The van der Waals surface area contributed by atoms with Gasteiger partial charge in [0.25, 0.3) is 0 Å². The Morgan fingerprint density at radius 3 is 1.60 bits per heavy atom. The van der Waals surface area contributed by atoms with Crippen LogP contribution in [0.3, 0.4) is 0 Å². The number of hydrogen-bond acceptors (Lipinski definition) is 4. The largest absolute Gasteiger partial charge is 0.469 e. The second-order valence-corrected chi connectivity index (χ2v) is 3.90. The van der Waals surface area contributed by atoms with E-state index in [9.17, 15) is 9.59 Å². The molecule has 0 aromatic carbocycles. The summed E-state index contributed by atoms with van der Waals surface area (Å²) in [6.07, 6.45) is 4.49. The zero-order valence-electron chi connectivity index (χ0n) is 9.32. The molecule has 0 radical (unpaired) electrons. The first-order chi connectivity index (χ1) is 7.20. The first-order valence-corrected chi connectivity index (χ1v) is 5.36. The number of hydrogen-bond donors (Lipinski definition) is 0. The van der Waals surface area contributed by atoms with Gasteiger partial charge in [0, 0.05) is 0 Å². The molecule has 4 heteroatoms. The van der Waals surface area contributed by atoms with Gasteiger partial charge in [-0.1, -0.05) is 19.3 Å². The van der Waals surface area contributed by atoms with Crippen molar-refractivity contribution >= 4 is 11.9 Å². The zero-order chi connectivity index (χ0) is 11.3. The fourth-order valence-corrected chi connectivity index (χ4v) is 2.17. The van der Waals surface area contributed by atoms with Gasteiger partial charge < -0.3 is 9.47 Å². The Bertz CT molecular complexity index is 213. The lowest BCUT2D eigenvalue weighted by molar-refractivity contribution is -0.157. The van der Waals surface area contributed by atoms with Crippen molar-refractivity contribution in [3.63, 3.8) is 0 Å². The van der Waals surface area contributed by atoms with Crippen LogP contribution in [-0.4, -0.2) is 26.2 Å². The number of rotatable bonds is 2. The van der Waals surface area contributed by atoms with E-state index in [0.717, 1.165) is 32.1 Å². The van der Waals surface area contributed by atoms with E-state index in [1.165, 1.54) is 14.2 Å². The Kier molecular flexibility index (Phi) is 4.59. The minimum Gasteiger partial charge on any atom is -0.469 e. The van der Waals surface area contributed by atoms with Crippen molar-refractivity contribution in [2.24, 2.45) is 11.8 Å². The van der Waals surface area contributed by atoms with Crippen molar-refractivity contribution in [1.82, 2.24) is 0 Å². The zero-order valence-corrected chi connectivity index (χ0v) is 9.32. The van der Waals surface area contributed by atoms with Gasteiger partial charge in [-0.2, -0.15) is 0 Å². The van der Waals surface area contributed by atoms with Crippen LogP contribution in [0.1, 0.15) is 32.1 Å². The van der Waals surface area contributed by atoms with E-state index in [0.29, 0.717) is 0 Å². The standard InChI is InChI=1S/C11H18O4/c1-14-10(12)8-6-4-3-5-7-9(8)11(13)15-2/h8-9H,3-7H2,1-2H3. The number of ether oxygens (including phenoxy) is 2. The maximum Gasteiger partial charge on any atom is 0.309 e. The summed E-state index contributed by atoms with van der Waals surface area (Å²) >= 11 is 0. The van der Waals surface area contributed by atoms with Crippen LogP contribution in [0.25, 0.3) is 0 Å². The maximum absolute atomic E-state index is 11.5. The van der Waals surface area contributed by atoms with Crippen LogP contribution in [0.2, 0.25) is 0 Å². The monoisotopic (exact) mass is 214 g/mol. The summed E-state index contributed by atoms with van der Waals surface area (Å²) in [5.74, 6) is -1.20. The Morgan fingerprint density at radius 2 is 1.27 bits per heavy atom. The Morgan fingerprint density at radius 1 is 0.867 bits per heavy atom. The third kappa shape index (κ3) is 2.94. The smallest absolute Gasteiger partial charge is 0.309 e. The van der Waals surface area contributed by atoms with E-state index in [4.69, 9.17) is 9.47 Å². The van der Waals surface area contributed by atoms with Crippen LogP contribution < -0.4 is 0 Å². The molecule has 1 aliphatic carbocycles. The van der Waals surface area contributed by atoms with E-state index in [1.807, 2.05) is 0 Å². The van der Waals surface area contributed by atoms with Gasteiger partial charge in [0.15, 0.2) is 0 Å². The van der Waals surface area contributed by atoms with Crippen molar-refractivity contribution in [2.75, 3.05) is 14.2 Å². The molecule has 2 atom stereocenters. The molecule has 2 unspecified atom stereocenters. The fourth-order valence-electron chi connectivity index (χ4n) is 2.17. The molecule has 1 fully saturated rings. The van der Waals surface area contributed by atoms with E-state index < -0.39 is 0 Å². The highest BCUT2D eigenvalue weighted by atomic mass is 16.5. The van der Waals surface area contributed by atoms with Crippen LogP contribution in [0.4, 0.5) is 0 Å². The SMILES string of the molecule is COC(=O)C1CCCCCC1C(=O)OC. The molecule has 1 aliphatic rings. The summed E-state index contributed by atoms with van der Waals surface area (Å²) < 4.78 is 9.45. The Labute approximate surface area is 89.9 Å². The summed E-state index contributed by atoms with van der Waals surface area (Å²) in [6, 6.07) is 0. The average molecular weight is 214 g/mol. The summed E-state index contributed by atoms with van der Waals surface area (Å²) in [6.45, 7) is 0. The number of carbonyl (C=O) groups is 2. The molecule has 0 aromatic rings. The molecule has 15 heavy (non-hydrogen) atoms. The second-order valence-electron chi connectivity index (χ2n) is 3.90. The van der Waals surface area contributed by atoms with Crippen molar-refractivity contribution in [1.29, 1.82) is 0 Å². The molecule has 0 heterocycles. The van der Waals surface area contributed by atoms with Crippen molar-refractivity contribution < 1.29 is 19.1 Å². The molecule has 0 spiro atoms. The minimum atomic E-state index is -0.315. The van der Waals surface area contributed by atoms with E-state index in [1.54, 1.807) is 0 Å². The first kappa shape index (κ1) is 12.0. The van der Waals surface area contributed by atoms with Gasteiger partial charge in [0.05, 0.1) is 26.1 Å². The van der Waals surface area contributed by atoms with E-state index in [2.05, 4.69) is 0 Å². The molecule has 0 bridgehead atoms. The summed E-state index contributed by atoms with van der Waals surface area (Å²) in [4.78, 5) is 23.0. The van der Waals surface area contributed by atoms with E-state index >= 15 is 0 Å². The van der Waals surface area contributed by atoms with Gasteiger partial charge in [-0.3, -0.25) is 9.59 Å². The molecule has 0 aromatic heterocycles. The highest BCUT2D eigenvalue weighted by molar-refractivity contribution is 5.82. The predicted octanol–water partition coefficient (Wildman–Crippen LogP) is 1.53. The van der Waals surface area contributed by atoms with Crippen LogP contribution in [0, 0.1) is 11.8 Å². The van der Waals surface area contributed by atoms with Crippen LogP contribution >= 0.6 is 0 Å². The molecule has 0 saturated heterocycles. The Hall–Kier alpha value is -1.06. The fraction of sp³-hybridized carbons (Fsp3) is 0.818. The lowest BCUT2D eigenvalue weighted by Crippen LogP contribution is -2.30. The topological polar surface area (TPSA) is 52.6 Å². The maximum atomic E-state index is 11.5. The molecular weight excluding hydrogens is 196 g/mol. The molecular formula is C11H18O4. The highest BCUT2D eigenvalue weighted by Gasteiger charge is 2.35. The third-order valence-electron chi connectivity index (χ3n) is 3.02. The molecule has 0 N–H and O–H groups in total. The van der Waals surface area contributed by atoms with Gasteiger partial charge in [-0.05, 0) is 12.8 Å². The third-order valence-corrected chi connectivity index (χ3v) is 3.02. The van der Waals surface area contributed by atoms with Gasteiger partial charge in [-0.15, -0.1) is 0 Å². The molecule has 0 amide bonds.